The van der Waals surface area contributed by atoms with Crippen molar-refractivity contribution < 1.29 is 10.0 Å². The molecule has 0 saturated heterocycles. The van der Waals surface area contributed by atoms with Gasteiger partial charge in [-0.15, -0.1) is 0 Å². The minimum Gasteiger partial charge on any atom is -0.423 e. The molecule has 0 unspecified atom stereocenters. The van der Waals surface area contributed by atoms with Gasteiger partial charge in [0.15, 0.2) is 0 Å². The molecule has 0 aliphatic heterocycles. The maximum atomic E-state index is 8.82. The van der Waals surface area contributed by atoms with E-state index in [9.17, 15) is 0 Å². The van der Waals surface area contributed by atoms with Crippen molar-refractivity contribution >= 4 is 18.4 Å². The van der Waals surface area contributed by atoms with Crippen LogP contribution in [0.4, 0.5) is 5.82 Å². The van der Waals surface area contributed by atoms with E-state index in [0.29, 0.717) is 11.3 Å². The Morgan fingerprint density at radius 2 is 2.33 bits per heavy atom. The number of anilines is 1. The topological polar surface area (TPSA) is 65.4 Å². The van der Waals surface area contributed by atoms with E-state index in [1.54, 1.807) is 12.1 Å². The zero-order chi connectivity index (χ0) is 8.97. The molecule has 64 valence electrons. The summed E-state index contributed by atoms with van der Waals surface area (Å²) < 4.78 is 0. The third-order valence-corrected chi connectivity index (χ3v) is 1.44. The van der Waals surface area contributed by atoms with Crippen molar-refractivity contribution in [1.82, 2.24) is 4.98 Å². The summed E-state index contributed by atoms with van der Waals surface area (Å²) in [5.74, 6) is 0.656. The standard InChI is InChI=1S/C7H11BN2O2/c1-2-9-7-5-6(8(11)12)3-4-10-7/h3-5,11-12H,2H2,1H3,(H,9,10). The lowest BCUT2D eigenvalue weighted by Gasteiger charge is -2.03. The Morgan fingerprint density at radius 1 is 1.58 bits per heavy atom. The van der Waals surface area contributed by atoms with Gasteiger partial charge in [-0.2, -0.15) is 0 Å². The summed E-state index contributed by atoms with van der Waals surface area (Å²) in [5.41, 5.74) is 0.445. The van der Waals surface area contributed by atoms with Crippen LogP contribution in [0.1, 0.15) is 6.92 Å². The van der Waals surface area contributed by atoms with Gasteiger partial charge in [-0.1, -0.05) is 0 Å². The molecule has 4 nitrogen and oxygen atoms in total. The zero-order valence-electron chi connectivity index (χ0n) is 6.86. The van der Waals surface area contributed by atoms with Gasteiger partial charge in [0.1, 0.15) is 5.82 Å². The van der Waals surface area contributed by atoms with Crippen LogP contribution in [0.2, 0.25) is 0 Å². The minimum atomic E-state index is -1.43. The largest absolute Gasteiger partial charge is 0.488 e. The second-order valence-corrected chi connectivity index (χ2v) is 2.38. The number of nitrogens with zero attached hydrogens (tertiary/aromatic N) is 1. The normalized spacial score (nSPS) is 9.58. The highest BCUT2D eigenvalue weighted by molar-refractivity contribution is 6.58. The lowest BCUT2D eigenvalue weighted by molar-refractivity contribution is 0.425. The van der Waals surface area contributed by atoms with Crippen LogP contribution in [0.15, 0.2) is 18.3 Å². The maximum Gasteiger partial charge on any atom is 0.488 e. The highest BCUT2D eigenvalue weighted by atomic mass is 16.4. The second kappa shape index (κ2) is 4.08. The molecule has 1 aromatic rings. The number of hydrogen-bond donors (Lipinski definition) is 3. The molecule has 0 bridgehead atoms. The van der Waals surface area contributed by atoms with Crippen molar-refractivity contribution in [3.63, 3.8) is 0 Å². The van der Waals surface area contributed by atoms with Crippen LogP contribution in [-0.4, -0.2) is 28.7 Å². The van der Waals surface area contributed by atoms with Crippen LogP contribution in [0.25, 0.3) is 0 Å². The van der Waals surface area contributed by atoms with E-state index >= 15 is 0 Å². The number of nitrogens with one attached hydrogen (secondary N) is 1. The van der Waals surface area contributed by atoms with Crippen molar-refractivity contribution in [2.24, 2.45) is 0 Å². The molecule has 0 radical (unpaired) electrons. The van der Waals surface area contributed by atoms with Crippen molar-refractivity contribution in [2.45, 2.75) is 6.92 Å². The predicted octanol–water partition coefficient (Wildman–Crippen LogP) is -0.807. The Balaban J connectivity index is 2.81. The van der Waals surface area contributed by atoms with Gasteiger partial charge in [-0.05, 0) is 24.5 Å². The molecule has 3 N–H and O–H groups in total. The van der Waals surface area contributed by atoms with Crippen molar-refractivity contribution in [3.05, 3.63) is 18.3 Å². The van der Waals surface area contributed by atoms with Gasteiger partial charge in [0.2, 0.25) is 0 Å². The van der Waals surface area contributed by atoms with Gasteiger partial charge in [0.05, 0.1) is 0 Å². The zero-order valence-corrected chi connectivity index (χ0v) is 6.86. The Morgan fingerprint density at radius 3 is 2.92 bits per heavy atom. The van der Waals surface area contributed by atoms with Crippen LogP contribution >= 0.6 is 0 Å². The monoisotopic (exact) mass is 166 g/mol. The van der Waals surface area contributed by atoms with Gasteiger partial charge in [-0.25, -0.2) is 4.98 Å². The number of rotatable bonds is 3. The first-order valence-corrected chi connectivity index (χ1v) is 3.80. The van der Waals surface area contributed by atoms with E-state index in [0.717, 1.165) is 6.54 Å². The van der Waals surface area contributed by atoms with Gasteiger partial charge in [-0.3, -0.25) is 0 Å². The van der Waals surface area contributed by atoms with E-state index in [-0.39, 0.29) is 0 Å². The van der Waals surface area contributed by atoms with E-state index in [1.165, 1.54) is 6.20 Å². The van der Waals surface area contributed by atoms with E-state index < -0.39 is 7.12 Å². The molecule has 12 heavy (non-hydrogen) atoms. The quantitative estimate of drug-likeness (QED) is 0.514. The summed E-state index contributed by atoms with van der Waals surface area (Å²) in [6.45, 7) is 2.71. The summed E-state index contributed by atoms with van der Waals surface area (Å²) in [6, 6.07) is 3.17. The van der Waals surface area contributed by atoms with Gasteiger partial charge >= 0.3 is 7.12 Å². The van der Waals surface area contributed by atoms with Crippen LogP contribution < -0.4 is 10.8 Å². The molecule has 0 fully saturated rings. The second-order valence-electron chi connectivity index (χ2n) is 2.38. The highest BCUT2D eigenvalue weighted by Crippen LogP contribution is 1.97. The summed E-state index contributed by atoms with van der Waals surface area (Å²) in [6.07, 6.45) is 1.53. The van der Waals surface area contributed by atoms with Gasteiger partial charge < -0.3 is 15.4 Å². The molecule has 0 saturated carbocycles. The molecule has 5 heteroatoms. The fourth-order valence-electron chi connectivity index (χ4n) is 0.885. The van der Waals surface area contributed by atoms with Gasteiger partial charge in [0.25, 0.3) is 0 Å². The van der Waals surface area contributed by atoms with E-state index in [2.05, 4.69) is 10.3 Å². The van der Waals surface area contributed by atoms with Crippen LogP contribution in [-0.2, 0) is 0 Å². The molecular formula is C7H11BN2O2. The summed E-state index contributed by atoms with van der Waals surface area (Å²) in [4.78, 5) is 3.98. The van der Waals surface area contributed by atoms with Crippen molar-refractivity contribution in [1.29, 1.82) is 0 Å². The molecule has 1 heterocycles. The fraction of sp³-hybridized carbons (Fsp3) is 0.286. The van der Waals surface area contributed by atoms with Crippen LogP contribution in [0.3, 0.4) is 0 Å². The smallest absolute Gasteiger partial charge is 0.423 e. The molecule has 1 aromatic heterocycles. The Bertz CT molecular complexity index is 255. The van der Waals surface area contributed by atoms with Crippen molar-refractivity contribution in [2.75, 3.05) is 11.9 Å². The molecule has 0 aliphatic carbocycles. The summed E-state index contributed by atoms with van der Waals surface area (Å²) >= 11 is 0. The van der Waals surface area contributed by atoms with E-state index in [4.69, 9.17) is 10.0 Å². The lowest BCUT2D eigenvalue weighted by atomic mass is 9.81. The average molecular weight is 166 g/mol. The first-order chi connectivity index (χ1) is 5.74. The summed E-state index contributed by atoms with van der Waals surface area (Å²) in [7, 11) is -1.43. The number of pyridine rings is 1. The Kier molecular flexibility index (Phi) is 3.07. The van der Waals surface area contributed by atoms with Crippen molar-refractivity contribution in [3.8, 4) is 0 Å². The maximum absolute atomic E-state index is 8.82. The molecule has 0 spiro atoms. The third-order valence-electron chi connectivity index (χ3n) is 1.44. The molecular weight excluding hydrogens is 155 g/mol. The SMILES string of the molecule is CCNc1cc(B(O)O)ccn1. The number of hydrogen-bond acceptors (Lipinski definition) is 4. The van der Waals surface area contributed by atoms with Crippen LogP contribution in [0, 0.1) is 0 Å². The third kappa shape index (κ3) is 2.22. The highest BCUT2D eigenvalue weighted by Gasteiger charge is 2.10. The molecule has 0 atom stereocenters. The Hall–Kier alpha value is -1.07. The number of aromatic nitrogens is 1. The lowest BCUT2D eigenvalue weighted by Crippen LogP contribution is -2.30. The molecule has 0 aromatic carbocycles. The van der Waals surface area contributed by atoms with Gasteiger partial charge in [0, 0.05) is 12.7 Å². The minimum absolute atomic E-state index is 0.445. The molecule has 0 amide bonds. The van der Waals surface area contributed by atoms with Crippen LogP contribution in [0.5, 0.6) is 0 Å². The average Bonchev–Trinajstić information content (AvgIpc) is 2.05. The first-order valence-electron chi connectivity index (χ1n) is 3.80. The predicted molar refractivity (Wildman–Crippen MR) is 48.2 cm³/mol. The molecule has 1 rings (SSSR count). The summed E-state index contributed by atoms with van der Waals surface area (Å²) in [5, 5.41) is 20.6. The van der Waals surface area contributed by atoms with E-state index in [1.807, 2.05) is 6.92 Å². The Labute approximate surface area is 71.4 Å². The first kappa shape index (κ1) is 9.03. The molecule has 0 aliphatic rings. The fourth-order valence-corrected chi connectivity index (χ4v) is 0.885.